The highest BCUT2D eigenvalue weighted by Gasteiger charge is 1.99. The van der Waals surface area contributed by atoms with Gasteiger partial charge in [0.05, 0.1) is 0 Å². The summed E-state index contributed by atoms with van der Waals surface area (Å²) in [5, 5.41) is 3.12. The highest BCUT2D eigenvalue weighted by atomic mass is 14.8. The van der Waals surface area contributed by atoms with Gasteiger partial charge in [-0.1, -0.05) is 19.9 Å². The Morgan fingerprint density at radius 1 is 1.31 bits per heavy atom. The minimum Gasteiger partial charge on any atom is -0.316 e. The van der Waals surface area contributed by atoms with Crippen molar-refractivity contribution in [2.45, 2.75) is 26.8 Å². The topological polar surface area (TPSA) is 24.9 Å². The fourth-order valence-corrected chi connectivity index (χ4v) is 1.43. The molecule has 13 heavy (non-hydrogen) atoms. The predicted molar refractivity (Wildman–Crippen MR) is 55.5 cm³/mol. The van der Waals surface area contributed by atoms with Crippen molar-refractivity contribution in [1.29, 1.82) is 0 Å². The smallest absolute Gasteiger partial charge is 0.0313 e. The van der Waals surface area contributed by atoms with E-state index in [0.29, 0.717) is 5.92 Å². The molecule has 2 heteroatoms. The van der Waals surface area contributed by atoms with Gasteiger partial charge in [0.2, 0.25) is 0 Å². The standard InChI is InChI=1S/C11H18N2/c1-9(2)4-10-5-11(6-12-3)8-13-7-10/h5,7-9,12H,4,6H2,1-3H3. The van der Waals surface area contributed by atoms with Crippen molar-refractivity contribution < 1.29 is 0 Å². The molecule has 1 aromatic heterocycles. The van der Waals surface area contributed by atoms with Gasteiger partial charge in [-0.05, 0) is 30.5 Å². The third-order valence-electron chi connectivity index (χ3n) is 1.88. The van der Waals surface area contributed by atoms with Gasteiger partial charge in [-0.25, -0.2) is 0 Å². The van der Waals surface area contributed by atoms with Gasteiger partial charge in [0.15, 0.2) is 0 Å². The Morgan fingerprint density at radius 3 is 2.62 bits per heavy atom. The third-order valence-corrected chi connectivity index (χ3v) is 1.88. The monoisotopic (exact) mass is 178 g/mol. The van der Waals surface area contributed by atoms with Crippen LogP contribution in [0.3, 0.4) is 0 Å². The van der Waals surface area contributed by atoms with Crippen LogP contribution in [0.5, 0.6) is 0 Å². The maximum atomic E-state index is 4.22. The van der Waals surface area contributed by atoms with Crippen LogP contribution in [0, 0.1) is 5.92 Å². The lowest BCUT2D eigenvalue weighted by Gasteiger charge is -2.06. The van der Waals surface area contributed by atoms with Gasteiger partial charge in [-0.3, -0.25) is 4.98 Å². The Bertz CT molecular complexity index is 256. The van der Waals surface area contributed by atoms with Crippen LogP contribution in [0.1, 0.15) is 25.0 Å². The summed E-state index contributed by atoms with van der Waals surface area (Å²) < 4.78 is 0. The zero-order valence-electron chi connectivity index (χ0n) is 8.67. The van der Waals surface area contributed by atoms with Crippen LogP contribution < -0.4 is 5.32 Å². The fourth-order valence-electron chi connectivity index (χ4n) is 1.43. The van der Waals surface area contributed by atoms with Crippen molar-refractivity contribution in [3.63, 3.8) is 0 Å². The summed E-state index contributed by atoms with van der Waals surface area (Å²) in [6.45, 7) is 5.36. The lowest BCUT2D eigenvalue weighted by Crippen LogP contribution is -2.06. The first-order valence-electron chi connectivity index (χ1n) is 4.79. The molecule has 0 aromatic carbocycles. The van der Waals surface area contributed by atoms with E-state index < -0.39 is 0 Å². The number of rotatable bonds is 4. The number of nitrogens with zero attached hydrogens (tertiary/aromatic N) is 1. The van der Waals surface area contributed by atoms with Gasteiger partial charge in [-0.15, -0.1) is 0 Å². The first-order chi connectivity index (χ1) is 6.22. The molecule has 72 valence electrons. The summed E-state index contributed by atoms with van der Waals surface area (Å²) >= 11 is 0. The van der Waals surface area contributed by atoms with Crippen LogP contribution >= 0.6 is 0 Å². The van der Waals surface area contributed by atoms with Crippen molar-refractivity contribution in [1.82, 2.24) is 10.3 Å². The molecular formula is C11H18N2. The van der Waals surface area contributed by atoms with E-state index in [0.717, 1.165) is 13.0 Å². The van der Waals surface area contributed by atoms with E-state index in [1.807, 2.05) is 19.4 Å². The van der Waals surface area contributed by atoms with E-state index in [4.69, 9.17) is 0 Å². The van der Waals surface area contributed by atoms with Crippen LogP contribution in [-0.2, 0) is 13.0 Å². The summed E-state index contributed by atoms with van der Waals surface area (Å²) in [6, 6.07) is 2.23. The summed E-state index contributed by atoms with van der Waals surface area (Å²) in [6.07, 6.45) is 4.99. The van der Waals surface area contributed by atoms with E-state index in [2.05, 4.69) is 30.2 Å². The van der Waals surface area contributed by atoms with Gasteiger partial charge in [0.1, 0.15) is 0 Å². The van der Waals surface area contributed by atoms with Crippen LogP contribution in [0.25, 0.3) is 0 Å². The number of pyridine rings is 1. The van der Waals surface area contributed by atoms with Gasteiger partial charge in [-0.2, -0.15) is 0 Å². The second-order valence-corrected chi connectivity index (χ2v) is 3.83. The molecule has 0 atom stereocenters. The van der Waals surface area contributed by atoms with E-state index in [1.165, 1.54) is 11.1 Å². The largest absolute Gasteiger partial charge is 0.316 e. The number of nitrogens with one attached hydrogen (secondary N) is 1. The average Bonchev–Trinajstić information content (AvgIpc) is 2.04. The lowest BCUT2D eigenvalue weighted by atomic mass is 10.0. The molecular weight excluding hydrogens is 160 g/mol. The molecule has 0 fully saturated rings. The molecule has 1 N–H and O–H groups in total. The van der Waals surface area contributed by atoms with Crippen molar-refractivity contribution in [2.75, 3.05) is 7.05 Å². The van der Waals surface area contributed by atoms with Crippen molar-refractivity contribution >= 4 is 0 Å². The zero-order chi connectivity index (χ0) is 9.68. The van der Waals surface area contributed by atoms with E-state index >= 15 is 0 Å². The first kappa shape index (κ1) is 10.2. The van der Waals surface area contributed by atoms with Gasteiger partial charge in [0, 0.05) is 18.9 Å². The SMILES string of the molecule is CNCc1cncc(CC(C)C)c1. The van der Waals surface area contributed by atoms with Crippen LogP contribution in [0.15, 0.2) is 18.5 Å². The molecule has 0 amide bonds. The number of hydrogen-bond acceptors (Lipinski definition) is 2. The Morgan fingerprint density at radius 2 is 2.00 bits per heavy atom. The third kappa shape index (κ3) is 3.55. The number of hydrogen-bond donors (Lipinski definition) is 1. The molecule has 1 rings (SSSR count). The fraction of sp³-hybridized carbons (Fsp3) is 0.545. The molecule has 1 aromatic rings. The Hall–Kier alpha value is -0.890. The minimum absolute atomic E-state index is 0.701. The van der Waals surface area contributed by atoms with Crippen LogP contribution in [0.4, 0.5) is 0 Å². The van der Waals surface area contributed by atoms with Crippen LogP contribution in [-0.4, -0.2) is 12.0 Å². The Kier molecular flexibility index (Phi) is 3.90. The van der Waals surface area contributed by atoms with Crippen LogP contribution in [0.2, 0.25) is 0 Å². The molecule has 0 saturated heterocycles. The molecule has 0 aliphatic heterocycles. The predicted octanol–water partition coefficient (Wildman–Crippen LogP) is 2.00. The Labute approximate surface area is 80.4 Å². The van der Waals surface area contributed by atoms with Crippen molar-refractivity contribution in [3.05, 3.63) is 29.6 Å². The second-order valence-electron chi connectivity index (χ2n) is 3.83. The molecule has 0 saturated carbocycles. The average molecular weight is 178 g/mol. The van der Waals surface area contributed by atoms with Gasteiger partial charge >= 0.3 is 0 Å². The second kappa shape index (κ2) is 4.97. The summed E-state index contributed by atoms with van der Waals surface area (Å²) in [7, 11) is 1.95. The summed E-state index contributed by atoms with van der Waals surface area (Å²) in [5.41, 5.74) is 2.60. The summed E-state index contributed by atoms with van der Waals surface area (Å²) in [5.74, 6) is 0.701. The molecule has 0 aliphatic rings. The molecule has 1 heterocycles. The maximum absolute atomic E-state index is 4.22. The highest BCUT2D eigenvalue weighted by Crippen LogP contribution is 2.08. The normalized spacial score (nSPS) is 10.8. The molecule has 0 unspecified atom stereocenters. The molecule has 0 bridgehead atoms. The molecule has 2 nitrogen and oxygen atoms in total. The van der Waals surface area contributed by atoms with E-state index in [1.54, 1.807) is 0 Å². The van der Waals surface area contributed by atoms with Crippen molar-refractivity contribution in [3.8, 4) is 0 Å². The Balaban J connectivity index is 2.67. The maximum Gasteiger partial charge on any atom is 0.0313 e. The lowest BCUT2D eigenvalue weighted by molar-refractivity contribution is 0.644. The molecule has 0 radical (unpaired) electrons. The highest BCUT2D eigenvalue weighted by molar-refractivity contribution is 5.18. The van der Waals surface area contributed by atoms with Gasteiger partial charge in [0.25, 0.3) is 0 Å². The zero-order valence-corrected chi connectivity index (χ0v) is 8.67. The minimum atomic E-state index is 0.701. The van der Waals surface area contributed by atoms with E-state index in [-0.39, 0.29) is 0 Å². The first-order valence-corrected chi connectivity index (χ1v) is 4.79. The van der Waals surface area contributed by atoms with E-state index in [9.17, 15) is 0 Å². The molecule has 0 spiro atoms. The quantitative estimate of drug-likeness (QED) is 0.762. The van der Waals surface area contributed by atoms with Crippen molar-refractivity contribution in [2.24, 2.45) is 5.92 Å². The molecule has 0 aliphatic carbocycles. The van der Waals surface area contributed by atoms with Gasteiger partial charge < -0.3 is 5.32 Å². The number of aromatic nitrogens is 1. The summed E-state index contributed by atoms with van der Waals surface area (Å²) in [4.78, 5) is 4.22.